The number of primary amides is 1. The smallest absolute Gasteiger partial charge is 0.322 e. The first kappa shape index (κ1) is 17.2. The van der Waals surface area contributed by atoms with Crippen LogP contribution in [0.4, 0.5) is 10.5 Å². The second-order valence-electron chi connectivity index (χ2n) is 6.55. The third-order valence-corrected chi connectivity index (χ3v) is 4.15. The Hall–Kier alpha value is -2.11. The Balaban J connectivity index is 2.05. The van der Waals surface area contributed by atoms with Crippen molar-refractivity contribution in [2.75, 3.05) is 11.9 Å². The minimum Gasteiger partial charge on any atom is -0.364 e. The molecule has 1 saturated heterocycles. The number of nitrogens with zero attached hydrogens (tertiary/aromatic N) is 2. The maximum absolute atomic E-state index is 12.6. The van der Waals surface area contributed by atoms with Crippen molar-refractivity contribution < 1.29 is 9.59 Å². The molecule has 1 aromatic rings. The number of aromatic nitrogens is 1. The maximum Gasteiger partial charge on any atom is 0.322 e. The van der Waals surface area contributed by atoms with Gasteiger partial charge in [-0.05, 0) is 37.3 Å². The molecule has 1 atom stereocenters. The van der Waals surface area contributed by atoms with E-state index in [2.05, 4.69) is 24.1 Å². The Bertz CT molecular complexity index is 542. The standard InChI is InChI=1S/C17H26N4O2/c1-12(2)10-14-6-4-3-5-9-21(14)17(23)20-13-7-8-15(16(18)22)19-11-13/h7-8,11-12,14H,3-6,9-10H2,1-2H3,(H2,18,22)(H,20,23). The summed E-state index contributed by atoms with van der Waals surface area (Å²) < 4.78 is 0. The first-order valence-electron chi connectivity index (χ1n) is 8.31. The molecule has 0 radical (unpaired) electrons. The summed E-state index contributed by atoms with van der Waals surface area (Å²) in [6.45, 7) is 5.16. The topological polar surface area (TPSA) is 88.3 Å². The SMILES string of the molecule is CC(C)CC1CCCCCN1C(=O)Nc1ccc(C(N)=O)nc1. The van der Waals surface area contributed by atoms with Gasteiger partial charge >= 0.3 is 6.03 Å². The molecule has 1 aliphatic rings. The van der Waals surface area contributed by atoms with Crippen LogP contribution in [0, 0.1) is 5.92 Å². The minimum atomic E-state index is -0.576. The lowest BCUT2D eigenvalue weighted by atomic mass is 9.99. The van der Waals surface area contributed by atoms with Gasteiger partial charge in [0.1, 0.15) is 5.69 Å². The van der Waals surface area contributed by atoms with Crippen LogP contribution in [0.1, 0.15) is 56.4 Å². The number of rotatable bonds is 4. The summed E-state index contributed by atoms with van der Waals surface area (Å²) >= 11 is 0. The van der Waals surface area contributed by atoms with Gasteiger partial charge in [-0.15, -0.1) is 0 Å². The number of urea groups is 1. The van der Waals surface area contributed by atoms with E-state index in [1.807, 2.05) is 4.90 Å². The van der Waals surface area contributed by atoms with Crippen molar-refractivity contribution in [1.82, 2.24) is 9.88 Å². The molecule has 1 unspecified atom stereocenters. The van der Waals surface area contributed by atoms with Crippen molar-refractivity contribution in [1.29, 1.82) is 0 Å². The average molecular weight is 318 g/mol. The van der Waals surface area contributed by atoms with Gasteiger partial charge in [-0.1, -0.05) is 26.7 Å². The number of hydrogen-bond acceptors (Lipinski definition) is 3. The second-order valence-corrected chi connectivity index (χ2v) is 6.55. The molecule has 6 heteroatoms. The molecule has 1 aliphatic heterocycles. The molecule has 0 aliphatic carbocycles. The zero-order valence-corrected chi connectivity index (χ0v) is 13.9. The van der Waals surface area contributed by atoms with Crippen LogP contribution in [0.15, 0.2) is 18.3 Å². The maximum atomic E-state index is 12.6. The molecular weight excluding hydrogens is 292 g/mol. The fraction of sp³-hybridized carbons (Fsp3) is 0.588. The molecule has 2 rings (SSSR count). The Morgan fingerprint density at radius 3 is 2.74 bits per heavy atom. The van der Waals surface area contributed by atoms with Crippen LogP contribution in [0.25, 0.3) is 0 Å². The molecule has 0 aromatic carbocycles. The van der Waals surface area contributed by atoms with Crippen molar-refractivity contribution in [3.8, 4) is 0 Å². The van der Waals surface area contributed by atoms with Crippen molar-refractivity contribution in [3.05, 3.63) is 24.0 Å². The van der Waals surface area contributed by atoms with Gasteiger partial charge in [0.15, 0.2) is 0 Å². The van der Waals surface area contributed by atoms with Crippen LogP contribution in [-0.2, 0) is 0 Å². The molecule has 1 aromatic heterocycles. The average Bonchev–Trinajstić information content (AvgIpc) is 2.72. The fourth-order valence-corrected chi connectivity index (χ4v) is 3.04. The third kappa shape index (κ3) is 4.94. The summed E-state index contributed by atoms with van der Waals surface area (Å²) in [5, 5.41) is 2.88. The molecule has 23 heavy (non-hydrogen) atoms. The van der Waals surface area contributed by atoms with Crippen LogP contribution < -0.4 is 11.1 Å². The predicted octanol–water partition coefficient (Wildman–Crippen LogP) is 3.00. The monoisotopic (exact) mass is 318 g/mol. The lowest BCUT2D eigenvalue weighted by molar-refractivity contribution is 0.0995. The van der Waals surface area contributed by atoms with Crippen molar-refractivity contribution in [2.45, 2.75) is 52.0 Å². The van der Waals surface area contributed by atoms with E-state index in [1.54, 1.807) is 6.07 Å². The summed E-state index contributed by atoms with van der Waals surface area (Å²) in [6, 6.07) is 3.37. The van der Waals surface area contributed by atoms with Crippen LogP contribution in [0.2, 0.25) is 0 Å². The predicted molar refractivity (Wildman–Crippen MR) is 90.2 cm³/mol. The number of hydrogen-bond donors (Lipinski definition) is 2. The van der Waals surface area contributed by atoms with Crippen molar-refractivity contribution >= 4 is 17.6 Å². The number of nitrogens with two attached hydrogens (primary N) is 1. The zero-order valence-electron chi connectivity index (χ0n) is 13.9. The van der Waals surface area contributed by atoms with E-state index in [4.69, 9.17) is 5.73 Å². The highest BCUT2D eigenvalue weighted by Gasteiger charge is 2.26. The fourth-order valence-electron chi connectivity index (χ4n) is 3.04. The lowest BCUT2D eigenvalue weighted by Gasteiger charge is -2.31. The summed E-state index contributed by atoms with van der Waals surface area (Å²) in [7, 11) is 0. The molecule has 6 nitrogen and oxygen atoms in total. The van der Waals surface area contributed by atoms with Gasteiger partial charge in [-0.2, -0.15) is 0 Å². The highest BCUT2D eigenvalue weighted by molar-refractivity contribution is 5.92. The van der Waals surface area contributed by atoms with Gasteiger partial charge in [-0.25, -0.2) is 9.78 Å². The molecule has 0 spiro atoms. The van der Waals surface area contributed by atoms with Gasteiger partial charge in [0.25, 0.3) is 5.91 Å². The largest absolute Gasteiger partial charge is 0.364 e. The van der Waals surface area contributed by atoms with E-state index >= 15 is 0 Å². The van der Waals surface area contributed by atoms with E-state index < -0.39 is 5.91 Å². The summed E-state index contributed by atoms with van der Waals surface area (Å²) in [4.78, 5) is 29.6. The quantitative estimate of drug-likeness (QED) is 0.894. The van der Waals surface area contributed by atoms with Crippen LogP contribution >= 0.6 is 0 Å². The second kappa shape index (κ2) is 7.94. The van der Waals surface area contributed by atoms with E-state index in [9.17, 15) is 9.59 Å². The van der Waals surface area contributed by atoms with Gasteiger partial charge in [0, 0.05) is 12.6 Å². The molecule has 3 N–H and O–H groups in total. The number of likely N-dealkylation sites (tertiary alicyclic amines) is 1. The lowest BCUT2D eigenvalue weighted by Crippen LogP contribution is -2.43. The van der Waals surface area contributed by atoms with E-state index in [0.717, 1.165) is 25.8 Å². The number of pyridine rings is 1. The van der Waals surface area contributed by atoms with E-state index in [0.29, 0.717) is 11.6 Å². The number of carbonyl (C=O) groups is 2. The highest BCUT2D eigenvalue weighted by atomic mass is 16.2. The Morgan fingerprint density at radius 2 is 2.13 bits per heavy atom. The normalized spacial score (nSPS) is 18.6. The van der Waals surface area contributed by atoms with Crippen LogP contribution in [-0.4, -0.2) is 34.4 Å². The Morgan fingerprint density at radius 1 is 1.35 bits per heavy atom. The van der Waals surface area contributed by atoms with Gasteiger partial charge in [0.05, 0.1) is 11.9 Å². The molecule has 0 bridgehead atoms. The number of anilines is 1. The number of nitrogens with one attached hydrogen (secondary N) is 1. The first-order valence-corrected chi connectivity index (χ1v) is 8.31. The van der Waals surface area contributed by atoms with Crippen LogP contribution in [0.3, 0.4) is 0 Å². The van der Waals surface area contributed by atoms with Crippen molar-refractivity contribution in [3.63, 3.8) is 0 Å². The summed E-state index contributed by atoms with van der Waals surface area (Å²) in [6.07, 6.45) is 6.94. The molecule has 0 saturated carbocycles. The van der Waals surface area contributed by atoms with E-state index in [1.165, 1.54) is 25.1 Å². The molecule has 1 fully saturated rings. The minimum absolute atomic E-state index is 0.0915. The number of carbonyl (C=O) groups excluding carboxylic acids is 2. The zero-order chi connectivity index (χ0) is 16.8. The number of amides is 3. The summed E-state index contributed by atoms with van der Waals surface area (Å²) in [5.41, 5.74) is 5.93. The van der Waals surface area contributed by atoms with Crippen molar-refractivity contribution in [2.24, 2.45) is 11.7 Å². The summed E-state index contributed by atoms with van der Waals surface area (Å²) in [5.74, 6) is -0.0164. The highest BCUT2D eigenvalue weighted by Crippen LogP contribution is 2.23. The molecule has 2 heterocycles. The Labute approximate surface area is 137 Å². The molecule has 3 amide bonds. The van der Waals surface area contributed by atoms with Gasteiger partial charge < -0.3 is 16.0 Å². The van der Waals surface area contributed by atoms with E-state index in [-0.39, 0.29) is 17.8 Å². The Kier molecular flexibility index (Phi) is 5.96. The third-order valence-electron chi connectivity index (χ3n) is 4.15. The van der Waals surface area contributed by atoms with Gasteiger partial charge in [0.2, 0.25) is 0 Å². The van der Waals surface area contributed by atoms with Crippen LogP contribution in [0.5, 0.6) is 0 Å². The first-order chi connectivity index (χ1) is 11.0. The molecular formula is C17H26N4O2. The molecule has 126 valence electrons. The van der Waals surface area contributed by atoms with Gasteiger partial charge in [-0.3, -0.25) is 4.79 Å².